The Hall–Kier alpha value is -4.02. The summed E-state index contributed by atoms with van der Waals surface area (Å²) in [6.45, 7) is -0.427. The van der Waals surface area contributed by atoms with Gasteiger partial charge in [0.2, 0.25) is 5.90 Å². The Labute approximate surface area is 265 Å². The molecular formula is C35H35BrN2O6. The van der Waals surface area contributed by atoms with Gasteiger partial charge in [-0.15, -0.1) is 0 Å². The van der Waals surface area contributed by atoms with Crippen molar-refractivity contribution in [1.29, 1.82) is 0 Å². The van der Waals surface area contributed by atoms with Crippen LogP contribution in [0.1, 0.15) is 29.2 Å². The molecule has 0 spiro atoms. The molecule has 9 heteroatoms. The molecule has 0 fully saturated rings. The third kappa shape index (κ3) is 7.03. The van der Waals surface area contributed by atoms with E-state index in [2.05, 4.69) is 21.2 Å². The fourth-order valence-electron chi connectivity index (χ4n) is 5.15. The Morgan fingerprint density at radius 1 is 0.864 bits per heavy atom. The lowest BCUT2D eigenvalue weighted by Crippen LogP contribution is -2.54. The van der Waals surface area contributed by atoms with Crippen LogP contribution < -0.4 is 10.1 Å². The molecule has 0 aliphatic carbocycles. The molecule has 1 heterocycles. The molecule has 2 atom stereocenters. The number of nitrogens with one attached hydrogen (secondary N) is 1. The van der Waals surface area contributed by atoms with Crippen LogP contribution in [0.25, 0.3) is 11.1 Å². The second-order valence-corrected chi connectivity index (χ2v) is 11.4. The third-order valence-electron chi connectivity index (χ3n) is 7.54. The maximum atomic E-state index is 14.3. The summed E-state index contributed by atoms with van der Waals surface area (Å²) in [7, 11) is 0. The van der Waals surface area contributed by atoms with Crippen molar-refractivity contribution in [2.24, 2.45) is 4.99 Å². The smallest absolute Gasteiger partial charge is 0.253 e. The average molecular weight is 660 g/mol. The van der Waals surface area contributed by atoms with Crippen LogP contribution >= 0.6 is 15.9 Å². The monoisotopic (exact) mass is 658 g/mol. The zero-order chi connectivity index (χ0) is 30.9. The summed E-state index contributed by atoms with van der Waals surface area (Å²) >= 11 is 3.63. The van der Waals surface area contributed by atoms with Crippen molar-refractivity contribution in [2.45, 2.75) is 30.5 Å². The van der Waals surface area contributed by atoms with Gasteiger partial charge in [-0.25, -0.2) is 4.99 Å². The number of benzene rings is 4. The first-order valence-electron chi connectivity index (χ1n) is 14.5. The van der Waals surface area contributed by atoms with Crippen LogP contribution in [-0.4, -0.2) is 65.1 Å². The van der Waals surface area contributed by atoms with E-state index in [4.69, 9.17) is 19.6 Å². The zero-order valence-corrected chi connectivity index (χ0v) is 25.7. The highest BCUT2D eigenvalue weighted by Gasteiger charge is 2.53. The van der Waals surface area contributed by atoms with Gasteiger partial charge in [-0.3, -0.25) is 4.79 Å². The van der Waals surface area contributed by atoms with E-state index in [1.165, 1.54) is 0 Å². The number of carbonyl (C=O) groups excluding carboxylic acids is 1. The number of nitrogens with zero attached hydrogens (tertiary/aromatic N) is 1. The lowest BCUT2D eigenvalue weighted by molar-refractivity contribution is -0.130. The van der Waals surface area contributed by atoms with Crippen molar-refractivity contribution in [3.63, 3.8) is 0 Å². The molecule has 1 amide bonds. The van der Waals surface area contributed by atoms with Gasteiger partial charge in [-0.05, 0) is 52.6 Å². The Balaban J connectivity index is 1.59. The van der Waals surface area contributed by atoms with Crippen molar-refractivity contribution >= 4 is 27.7 Å². The standard InChI is InChI=1S/C35H35BrN2O6/c36-31-10-5-4-9-28(31)21-35(34(42)37-29(22-40)23-41)32(26-13-11-25(12-14-26)24-7-2-1-3-8-24)44-33(38-35)27-15-17-30(18-16-27)43-20-6-19-39/h1-5,7-18,29,32,39-41H,6,19-23H2,(H,37,42)/t32-,35-/m1/s1. The van der Waals surface area contributed by atoms with E-state index in [0.29, 0.717) is 24.3 Å². The minimum absolute atomic E-state index is 0.0472. The minimum Gasteiger partial charge on any atom is -0.494 e. The van der Waals surface area contributed by atoms with E-state index in [-0.39, 0.29) is 18.9 Å². The van der Waals surface area contributed by atoms with Gasteiger partial charge in [0.25, 0.3) is 5.91 Å². The van der Waals surface area contributed by atoms with Crippen LogP contribution in [-0.2, 0) is 16.0 Å². The first-order valence-corrected chi connectivity index (χ1v) is 15.3. The molecule has 0 saturated carbocycles. The van der Waals surface area contributed by atoms with E-state index in [0.717, 1.165) is 26.7 Å². The van der Waals surface area contributed by atoms with E-state index >= 15 is 0 Å². The number of aliphatic hydroxyl groups excluding tert-OH is 3. The number of halogens is 1. The van der Waals surface area contributed by atoms with Crippen LogP contribution in [0.4, 0.5) is 0 Å². The molecule has 0 unspecified atom stereocenters. The normalized spacial score (nSPS) is 17.7. The summed E-state index contributed by atoms with van der Waals surface area (Å²) in [5.74, 6) is 0.452. The van der Waals surface area contributed by atoms with Gasteiger partial charge in [0.15, 0.2) is 11.6 Å². The van der Waals surface area contributed by atoms with Crippen LogP contribution in [0.15, 0.2) is 113 Å². The molecule has 228 valence electrons. The third-order valence-corrected chi connectivity index (χ3v) is 8.32. The predicted molar refractivity (Wildman–Crippen MR) is 173 cm³/mol. The molecule has 44 heavy (non-hydrogen) atoms. The number of rotatable bonds is 13. The maximum Gasteiger partial charge on any atom is 0.253 e. The molecule has 0 radical (unpaired) electrons. The summed E-state index contributed by atoms with van der Waals surface area (Å²) in [4.78, 5) is 19.3. The molecule has 4 aromatic rings. The number of hydrogen-bond acceptors (Lipinski definition) is 7. The molecule has 0 saturated heterocycles. The highest BCUT2D eigenvalue weighted by Crippen LogP contribution is 2.44. The largest absolute Gasteiger partial charge is 0.494 e. The summed E-state index contributed by atoms with van der Waals surface area (Å²) in [6, 6.07) is 31.9. The Morgan fingerprint density at radius 3 is 2.16 bits per heavy atom. The van der Waals surface area contributed by atoms with E-state index in [1.54, 1.807) is 12.1 Å². The fraction of sp³-hybridized carbons (Fsp3) is 0.257. The van der Waals surface area contributed by atoms with Gasteiger partial charge in [0.05, 0.1) is 25.9 Å². The van der Waals surface area contributed by atoms with Gasteiger partial charge in [0, 0.05) is 29.5 Å². The SMILES string of the molecule is O=C(NC(CO)CO)[C@]1(Cc2ccccc2Br)N=C(c2ccc(OCCCO)cc2)O[C@@H]1c1ccc(-c2ccccc2)cc1. The predicted octanol–water partition coefficient (Wildman–Crippen LogP) is 4.85. The number of carbonyl (C=O) groups is 1. The number of aliphatic imine (C=N–C) groups is 1. The van der Waals surface area contributed by atoms with Gasteiger partial charge >= 0.3 is 0 Å². The molecule has 0 aromatic heterocycles. The second kappa shape index (κ2) is 14.6. The summed E-state index contributed by atoms with van der Waals surface area (Å²) in [5.41, 5.74) is 2.86. The summed E-state index contributed by atoms with van der Waals surface area (Å²) < 4.78 is 13.1. The average Bonchev–Trinajstić information content (AvgIpc) is 3.46. The molecule has 4 aromatic carbocycles. The Bertz CT molecular complexity index is 1560. The fourth-order valence-corrected chi connectivity index (χ4v) is 5.58. The molecule has 1 aliphatic heterocycles. The first-order chi connectivity index (χ1) is 21.5. The number of ether oxygens (including phenoxy) is 2. The van der Waals surface area contributed by atoms with Crippen molar-refractivity contribution < 1.29 is 29.6 Å². The lowest BCUT2D eigenvalue weighted by atomic mass is 9.81. The van der Waals surface area contributed by atoms with Gasteiger partial charge in [-0.2, -0.15) is 0 Å². The summed E-state index contributed by atoms with van der Waals surface area (Å²) in [5, 5.41) is 31.5. The summed E-state index contributed by atoms with van der Waals surface area (Å²) in [6.07, 6.45) is -0.119. The quantitative estimate of drug-likeness (QED) is 0.153. The number of aliphatic hydroxyl groups is 3. The van der Waals surface area contributed by atoms with Gasteiger partial charge < -0.3 is 30.1 Å². The number of hydrogen-bond donors (Lipinski definition) is 4. The van der Waals surface area contributed by atoms with Crippen LogP contribution in [0.5, 0.6) is 5.75 Å². The van der Waals surface area contributed by atoms with Crippen molar-refractivity contribution in [3.8, 4) is 16.9 Å². The second-order valence-electron chi connectivity index (χ2n) is 10.6. The molecule has 8 nitrogen and oxygen atoms in total. The van der Waals surface area contributed by atoms with Crippen LogP contribution in [0.2, 0.25) is 0 Å². The lowest BCUT2D eigenvalue weighted by Gasteiger charge is -2.32. The molecule has 0 bridgehead atoms. The van der Waals surface area contributed by atoms with Crippen molar-refractivity contribution in [2.75, 3.05) is 26.4 Å². The molecule has 5 rings (SSSR count). The first kappa shape index (κ1) is 31.4. The Kier molecular flexibility index (Phi) is 10.4. The number of amides is 1. The van der Waals surface area contributed by atoms with Crippen LogP contribution in [0.3, 0.4) is 0 Å². The van der Waals surface area contributed by atoms with E-state index in [1.807, 2.05) is 91.0 Å². The Morgan fingerprint density at radius 2 is 1.50 bits per heavy atom. The minimum atomic E-state index is -1.48. The van der Waals surface area contributed by atoms with Crippen molar-refractivity contribution in [1.82, 2.24) is 5.32 Å². The highest BCUT2D eigenvalue weighted by molar-refractivity contribution is 9.10. The zero-order valence-electron chi connectivity index (χ0n) is 24.1. The molecule has 1 aliphatic rings. The van der Waals surface area contributed by atoms with Crippen molar-refractivity contribution in [3.05, 3.63) is 124 Å². The van der Waals surface area contributed by atoms with Gasteiger partial charge in [-0.1, -0.05) is 88.7 Å². The molecular weight excluding hydrogens is 624 g/mol. The van der Waals surface area contributed by atoms with E-state index < -0.39 is 36.8 Å². The maximum absolute atomic E-state index is 14.3. The van der Waals surface area contributed by atoms with E-state index in [9.17, 15) is 15.0 Å². The molecule has 4 N–H and O–H groups in total. The van der Waals surface area contributed by atoms with Gasteiger partial charge in [0.1, 0.15) is 5.75 Å². The van der Waals surface area contributed by atoms with Crippen LogP contribution in [0, 0.1) is 0 Å². The topological polar surface area (TPSA) is 121 Å². The highest BCUT2D eigenvalue weighted by atomic mass is 79.9.